The molecule has 1 aliphatic rings. The van der Waals surface area contributed by atoms with Gasteiger partial charge in [-0.1, -0.05) is 59.6 Å². The van der Waals surface area contributed by atoms with Crippen LogP contribution in [0.4, 0.5) is 4.39 Å². The largest absolute Gasteiger partial charge is 0.385 e. The van der Waals surface area contributed by atoms with Gasteiger partial charge in [0, 0.05) is 38.2 Å². The number of benzene rings is 3. The Bertz CT molecular complexity index is 1170. The van der Waals surface area contributed by atoms with Gasteiger partial charge in [-0.3, -0.25) is 4.79 Å². The van der Waals surface area contributed by atoms with Crippen molar-refractivity contribution >= 4 is 29.1 Å². The third-order valence-electron chi connectivity index (χ3n) is 7.14. The first-order chi connectivity index (χ1) is 17.2. The van der Waals surface area contributed by atoms with Crippen molar-refractivity contribution in [1.82, 2.24) is 9.80 Å². The first-order valence-corrected chi connectivity index (χ1v) is 13.0. The zero-order valence-electron chi connectivity index (χ0n) is 20.3. The number of hydrogen-bond donors (Lipinski definition) is 1. The maximum atomic E-state index is 13.3. The maximum Gasteiger partial charge on any atom is 0.253 e. The second kappa shape index (κ2) is 11.7. The number of hydrogen-bond acceptors (Lipinski definition) is 3. The number of amides is 1. The third-order valence-corrected chi connectivity index (χ3v) is 7.87. The lowest BCUT2D eigenvalue weighted by Gasteiger charge is -2.39. The highest BCUT2D eigenvalue weighted by atomic mass is 35.5. The van der Waals surface area contributed by atoms with Gasteiger partial charge in [-0.15, -0.1) is 0 Å². The van der Waals surface area contributed by atoms with Crippen LogP contribution in [0.3, 0.4) is 0 Å². The van der Waals surface area contributed by atoms with Gasteiger partial charge < -0.3 is 14.9 Å². The smallest absolute Gasteiger partial charge is 0.253 e. The summed E-state index contributed by atoms with van der Waals surface area (Å²) in [5, 5.41) is 12.1. The molecule has 1 atom stereocenters. The molecule has 190 valence electrons. The second-order valence-electron chi connectivity index (χ2n) is 9.59. The van der Waals surface area contributed by atoms with Crippen LogP contribution in [0.1, 0.15) is 46.7 Å². The summed E-state index contributed by atoms with van der Waals surface area (Å²) in [4.78, 5) is 17.0. The highest BCUT2D eigenvalue weighted by molar-refractivity contribution is 6.42. The molecule has 7 heteroatoms. The number of halogens is 3. The lowest BCUT2D eigenvalue weighted by atomic mass is 9.84. The van der Waals surface area contributed by atoms with Crippen LogP contribution in [0.2, 0.25) is 10.0 Å². The van der Waals surface area contributed by atoms with Gasteiger partial charge in [-0.05, 0) is 73.3 Å². The van der Waals surface area contributed by atoms with E-state index in [0.717, 1.165) is 37.2 Å². The Kier molecular flexibility index (Phi) is 8.68. The Morgan fingerprint density at radius 2 is 1.69 bits per heavy atom. The number of piperidine rings is 1. The number of carbonyl (C=O) groups excluding carboxylic acids is 1. The summed E-state index contributed by atoms with van der Waals surface area (Å²) < 4.78 is 13.3. The van der Waals surface area contributed by atoms with Crippen molar-refractivity contribution in [2.45, 2.75) is 30.8 Å². The van der Waals surface area contributed by atoms with Crippen molar-refractivity contribution in [1.29, 1.82) is 0 Å². The summed E-state index contributed by atoms with van der Waals surface area (Å²) in [6.07, 6.45) is 2.16. The van der Waals surface area contributed by atoms with Crippen molar-refractivity contribution < 1.29 is 14.3 Å². The fourth-order valence-electron chi connectivity index (χ4n) is 4.88. The molecule has 0 bridgehead atoms. The van der Waals surface area contributed by atoms with E-state index >= 15 is 0 Å². The monoisotopic (exact) mass is 528 g/mol. The van der Waals surface area contributed by atoms with E-state index in [0.29, 0.717) is 35.0 Å². The van der Waals surface area contributed by atoms with Crippen LogP contribution in [0.15, 0.2) is 72.8 Å². The predicted molar refractivity (Wildman–Crippen MR) is 143 cm³/mol. The summed E-state index contributed by atoms with van der Waals surface area (Å²) >= 11 is 12.5. The number of likely N-dealkylation sites (N-methyl/N-ethyl adjacent to an activating group) is 1. The first kappa shape index (κ1) is 26.6. The van der Waals surface area contributed by atoms with Crippen LogP contribution < -0.4 is 0 Å². The molecule has 1 saturated heterocycles. The SMILES string of the molecule is CN(C[C@@H](CCN1CCC(O)(c2ccccc2)CC1)c1ccc(Cl)c(Cl)c1)C(=O)c1ccc(F)cc1. The van der Waals surface area contributed by atoms with Gasteiger partial charge >= 0.3 is 0 Å². The molecular formula is C29H31Cl2FN2O2. The zero-order valence-corrected chi connectivity index (χ0v) is 21.9. The average molecular weight is 529 g/mol. The topological polar surface area (TPSA) is 43.8 Å². The van der Waals surface area contributed by atoms with Crippen molar-refractivity contribution in [3.05, 3.63) is 105 Å². The Morgan fingerprint density at radius 3 is 2.33 bits per heavy atom. The van der Waals surface area contributed by atoms with Gasteiger partial charge in [0.1, 0.15) is 5.82 Å². The summed E-state index contributed by atoms with van der Waals surface area (Å²) in [6, 6.07) is 21.1. The molecule has 0 aromatic heterocycles. The molecule has 1 heterocycles. The molecular weight excluding hydrogens is 498 g/mol. The molecule has 1 aliphatic heterocycles. The molecule has 0 spiro atoms. The molecule has 0 aliphatic carbocycles. The lowest BCUT2D eigenvalue weighted by molar-refractivity contribution is -0.0264. The fraction of sp³-hybridized carbons (Fsp3) is 0.345. The van der Waals surface area contributed by atoms with Crippen molar-refractivity contribution in [2.24, 2.45) is 0 Å². The molecule has 0 saturated carbocycles. The van der Waals surface area contributed by atoms with Crippen molar-refractivity contribution in [3.63, 3.8) is 0 Å². The van der Waals surface area contributed by atoms with E-state index in [1.807, 2.05) is 42.5 Å². The van der Waals surface area contributed by atoms with E-state index in [2.05, 4.69) is 4.90 Å². The normalized spacial score (nSPS) is 16.5. The van der Waals surface area contributed by atoms with Crippen LogP contribution in [0.5, 0.6) is 0 Å². The standard InChI is InChI=1S/C29H31Cl2FN2O2/c1-33(28(35)21-7-10-25(32)11-8-21)20-23(22-9-12-26(30)27(31)19-22)13-16-34-17-14-29(36,15-18-34)24-5-3-2-4-6-24/h2-12,19,23,36H,13-18,20H2,1H3/t23-/m1/s1. The van der Waals surface area contributed by atoms with Crippen molar-refractivity contribution in [3.8, 4) is 0 Å². The number of aliphatic hydroxyl groups is 1. The first-order valence-electron chi connectivity index (χ1n) is 12.2. The van der Waals surface area contributed by atoms with E-state index in [1.165, 1.54) is 24.3 Å². The van der Waals surface area contributed by atoms with Gasteiger partial charge in [0.2, 0.25) is 0 Å². The molecule has 0 unspecified atom stereocenters. The van der Waals surface area contributed by atoms with Crippen LogP contribution >= 0.6 is 23.2 Å². The minimum absolute atomic E-state index is 0.0316. The van der Waals surface area contributed by atoms with E-state index < -0.39 is 5.60 Å². The van der Waals surface area contributed by atoms with E-state index in [1.54, 1.807) is 18.0 Å². The molecule has 4 nitrogen and oxygen atoms in total. The zero-order chi connectivity index (χ0) is 25.7. The lowest BCUT2D eigenvalue weighted by Crippen LogP contribution is -2.43. The minimum Gasteiger partial charge on any atom is -0.385 e. The Balaban J connectivity index is 1.42. The molecule has 36 heavy (non-hydrogen) atoms. The molecule has 4 rings (SSSR count). The van der Waals surface area contributed by atoms with Crippen LogP contribution in [0, 0.1) is 5.82 Å². The fourth-order valence-corrected chi connectivity index (χ4v) is 5.18. The summed E-state index contributed by atoms with van der Waals surface area (Å²) in [5.41, 5.74) is 1.64. The molecule has 1 fully saturated rings. The number of rotatable bonds is 8. The molecule has 1 amide bonds. The summed E-state index contributed by atoms with van der Waals surface area (Å²) in [5.74, 6) is -0.501. The average Bonchev–Trinajstić information content (AvgIpc) is 2.89. The van der Waals surface area contributed by atoms with E-state index in [9.17, 15) is 14.3 Å². The second-order valence-corrected chi connectivity index (χ2v) is 10.4. The minimum atomic E-state index is -0.789. The van der Waals surface area contributed by atoms with Crippen LogP contribution in [0.25, 0.3) is 0 Å². The third kappa shape index (κ3) is 6.46. The quantitative estimate of drug-likeness (QED) is 0.369. The maximum absolute atomic E-state index is 13.3. The molecule has 1 N–H and O–H groups in total. The Morgan fingerprint density at radius 1 is 1.03 bits per heavy atom. The number of nitrogens with zero attached hydrogens (tertiary/aromatic N) is 2. The van der Waals surface area contributed by atoms with Crippen LogP contribution in [-0.4, -0.2) is 54.0 Å². The Labute approximate surface area is 222 Å². The van der Waals surface area contributed by atoms with Crippen LogP contribution in [-0.2, 0) is 5.60 Å². The van der Waals surface area contributed by atoms with Gasteiger partial charge in [0.15, 0.2) is 0 Å². The Hall–Kier alpha value is -2.44. The van der Waals surface area contributed by atoms with E-state index in [-0.39, 0.29) is 17.6 Å². The molecule has 3 aromatic carbocycles. The van der Waals surface area contributed by atoms with Gasteiger partial charge in [0.05, 0.1) is 15.6 Å². The number of likely N-dealkylation sites (tertiary alicyclic amines) is 1. The van der Waals surface area contributed by atoms with Crippen molar-refractivity contribution in [2.75, 3.05) is 33.2 Å². The van der Waals surface area contributed by atoms with Gasteiger partial charge in [-0.2, -0.15) is 0 Å². The summed E-state index contributed by atoms with van der Waals surface area (Å²) in [6.45, 7) is 2.90. The van der Waals surface area contributed by atoms with Gasteiger partial charge in [-0.25, -0.2) is 4.39 Å². The number of carbonyl (C=O) groups is 1. The highest BCUT2D eigenvalue weighted by Gasteiger charge is 2.34. The molecule has 0 radical (unpaired) electrons. The molecule has 3 aromatic rings. The van der Waals surface area contributed by atoms with E-state index in [4.69, 9.17) is 23.2 Å². The summed E-state index contributed by atoms with van der Waals surface area (Å²) in [7, 11) is 1.76. The predicted octanol–water partition coefficient (Wildman–Crippen LogP) is 6.36. The highest BCUT2D eigenvalue weighted by Crippen LogP contribution is 2.34. The van der Waals surface area contributed by atoms with Gasteiger partial charge in [0.25, 0.3) is 5.91 Å².